The molecule has 3 rings (SSSR count). The third-order valence-electron chi connectivity index (χ3n) is 5.11. The molecule has 8 nitrogen and oxygen atoms in total. The number of aryl methyl sites for hydroxylation is 1. The summed E-state index contributed by atoms with van der Waals surface area (Å²) < 4.78 is 17.4. The number of nitrogens with one attached hydrogen (secondary N) is 2. The molecule has 0 spiro atoms. The van der Waals surface area contributed by atoms with E-state index >= 15 is 0 Å². The van der Waals surface area contributed by atoms with Gasteiger partial charge >= 0.3 is 0 Å². The molecule has 0 unspecified atom stereocenters. The minimum atomic E-state index is -0.557. The quantitative estimate of drug-likeness (QED) is 0.210. The van der Waals surface area contributed by atoms with Crippen molar-refractivity contribution in [1.82, 2.24) is 0 Å². The van der Waals surface area contributed by atoms with Crippen molar-refractivity contribution in [2.24, 2.45) is 0 Å². The first-order chi connectivity index (χ1) is 18.3. The number of anilines is 2. The molecule has 9 heteroatoms. The molecule has 3 aromatic carbocycles. The number of nitrogens with zero attached hydrogens (tertiary/aromatic N) is 1. The first kappa shape index (κ1) is 28.3. The molecule has 0 radical (unpaired) electrons. The van der Waals surface area contributed by atoms with E-state index in [0.717, 1.165) is 5.56 Å². The predicted octanol–water partition coefficient (Wildman–Crippen LogP) is 6.12. The fourth-order valence-corrected chi connectivity index (χ4v) is 3.94. The van der Waals surface area contributed by atoms with E-state index in [1.54, 1.807) is 36.4 Å². The van der Waals surface area contributed by atoms with Crippen LogP contribution >= 0.6 is 15.9 Å². The van der Waals surface area contributed by atoms with Gasteiger partial charge in [-0.05, 0) is 96.9 Å². The number of amides is 2. The average molecular weight is 578 g/mol. The monoisotopic (exact) mass is 577 g/mol. The van der Waals surface area contributed by atoms with Gasteiger partial charge in [-0.2, -0.15) is 5.26 Å². The molecular weight excluding hydrogens is 550 g/mol. The highest BCUT2D eigenvalue weighted by atomic mass is 79.9. The number of benzene rings is 3. The Bertz CT molecular complexity index is 1350. The van der Waals surface area contributed by atoms with Crippen molar-refractivity contribution in [1.29, 1.82) is 5.26 Å². The van der Waals surface area contributed by atoms with Gasteiger partial charge < -0.3 is 24.8 Å². The van der Waals surface area contributed by atoms with Gasteiger partial charge in [-0.3, -0.25) is 9.59 Å². The Morgan fingerprint density at radius 3 is 2.18 bits per heavy atom. The summed E-state index contributed by atoms with van der Waals surface area (Å²) >= 11 is 3.45. The lowest BCUT2D eigenvalue weighted by atomic mass is 10.1. The van der Waals surface area contributed by atoms with Crippen molar-refractivity contribution >= 4 is 45.2 Å². The summed E-state index contributed by atoms with van der Waals surface area (Å²) in [6.07, 6.45) is 1.45. The van der Waals surface area contributed by atoms with Crippen molar-refractivity contribution < 1.29 is 23.8 Å². The number of hydrogen-bond acceptors (Lipinski definition) is 6. The van der Waals surface area contributed by atoms with Crippen LogP contribution in [0.4, 0.5) is 11.4 Å². The summed E-state index contributed by atoms with van der Waals surface area (Å²) in [6.45, 7) is 6.31. The van der Waals surface area contributed by atoms with Crippen LogP contribution in [0, 0.1) is 18.3 Å². The third kappa shape index (κ3) is 8.11. The molecule has 0 aliphatic rings. The van der Waals surface area contributed by atoms with Crippen LogP contribution in [0.2, 0.25) is 0 Å². The molecule has 0 aliphatic carbocycles. The van der Waals surface area contributed by atoms with E-state index < -0.39 is 5.91 Å². The largest absolute Gasteiger partial charge is 0.494 e. The van der Waals surface area contributed by atoms with Crippen molar-refractivity contribution in [2.45, 2.75) is 20.8 Å². The predicted molar refractivity (Wildman–Crippen MR) is 150 cm³/mol. The van der Waals surface area contributed by atoms with E-state index in [9.17, 15) is 14.9 Å². The lowest BCUT2D eigenvalue weighted by Gasteiger charge is -2.15. The number of carbonyl (C=O) groups excluding carboxylic acids is 2. The molecule has 2 N–H and O–H groups in total. The Balaban J connectivity index is 1.74. The molecular formula is C29H28BrN3O5. The van der Waals surface area contributed by atoms with Gasteiger partial charge in [-0.15, -0.1) is 0 Å². The van der Waals surface area contributed by atoms with Crippen LogP contribution in [-0.2, 0) is 9.59 Å². The normalized spacial score (nSPS) is 10.8. The molecule has 0 heterocycles. The van der Waals surface area contributed by atoms with Gasteiger partial charge in [0.15, 0.2) is 18.1 Å². The second-order valence-corrected chi connectivity index (χ2v) is 8.90. The summed E-state index contributed by atoms with van der Waals surface area (Å²) in [4.78, 5) is 25.1. The van der Waals surface area contributed by atoms with Gasteiger partial charge in [-0.25, -0.2) is 0 Å². The zero-order valence-electron chi connectivity index (χ0n) is 21.3. The van der Waals surface area contributed by atoms with E-state index in [1.807, 2.05) is 51.1 Å². The third-order valence-corrected chi connectivity index (χ3v) is 5.70. The second kappa shape index (κ2) is 13.9. The maximum absolute atomic E-state index is 12.7. The molecule has 0 fully saturated rings. The lowest BCUT2D eigenvalue weighted by molar-refractivity contribution is -0.118. The van der Waals surface area contributed by atoms with Gasteiger partial charge in [0.1, 0.15) is 17.4 Å². The number of halogens is 1. The second-order valence-electron chi connectivity index (χ2n) is 8.05. The Morgan fingerprint density at radius 2 is 1.55 bits per heavy atom. The van der Waals surface area contributed by atoms with Crippen molar-refractivity contribution in [3.63, 3.8) is 0 Å². The van der Waals surface area contributed by atoms with Crippen LogP contribution < -0.4 is 24.8 Å². The zero-order valence-corrected chi connectivity index (χ0v) is 22.9. The topological polar surface area (TPSA) is 110 Å². The van der Waals surface area contributed by atoms with E-state index in [0.29, 0.717) is 51.9 Å². The van der Waals surface area contributed by atoms with E-state index in [1.165, 1.54) is 6.08 Å². The summed E-state index contributed by atoms with van der Waals surface area (Å²) in [5.74, 6) is 0.495. The maximum atomic E-state index is 12.7. The Hall–Kier alpha value is -4.29. The molecule has 0 saturated carbocycles. The number of nitriles is 1. The molecule has 2 amide bonds. The standard InChI is InChI=1S/C29H28BrN3O5/c1-4-36-24-12-10-23(11-13-24)33-29(35)21(17-31)14-20-15-25(30)28(26(16-20)37-5-2)38-18-27(34)32-22-8-6-19(3)7-9-22/h6-16H,4-5,18H2,1-3H3,(H,32,34)(H,33,35)/b21-14+. The van der Waals surface area contributed by atoms with Crippen LogP contribution in [0.3, 0.4) is 0 Å². The number of carbonyl (C=O) groups is 2. The summed E-state index contributed by atoms with van der Waals surface area (Å²) in [5, 5.41) is 15.1. The Labute approximate surface area is 230 Å². The Morgan fingerprint density at radius 1 is 0.921 bits per heavy atom. The van der Waals surface area contributed by atoms with Crippen LogP contribution in [0.15, 0.2) is 70.7 Å². The molecule has 0 bridgehead atoms. The molecule has 196 valence electrons. The molecule has 0 aromatic heterocycles. The molecule has 3 aromatic rings. The fraction of sp³-hybridized carbons (Fsp3) is 0.207. The van der Waals surface area contributed by atoms with Crippen LogP contribution in [-0.4, -0.2) is 31.6 Å². The van der Waals surface area contributed by atoms with Crippen LogP contribution in [0.5, 0.6) is 17.2 Å². The first-order valence-corrected chi connectivity index (χ1v) is 12.7. The fourth-order valence-electron chi connectivity index (χ4n) is 3.36. The average Bonchev–Trinajstić information content (AvgIpc) is 2.89. The van der Waals surface area contributed by atoms with E-state index in [4.69, 9.17) is 14.2 Å². The van der Waals surface area contributed by atoms with Gasteiger partial charge in [0.05, 0.1) is 17.7 Å². The van der Waals surface area contributed by atoms with Crippen LogP contribution in [0.1, 0.15) is 25.0 Å². The zero-order chi connectivity index (χ0) is 27.5. The maximum Gasteiger partial charge on any atom is 0.266 e. The lowest BCUT2D eigenvalue weighted by Crippen LogP contribution is -2.20. The number of rotatable bonds is 11. The van der Waals surface area contributed by atoms with Gasteiger partial charge in [-0.1, -0.05) is 17.7 Å². The van der Waals surface area contributed by atoms with Gasteiger partial charge in [0, 0.05) is 11.4 Å². The summed E-state index contributed by atoms with van der Waals surface area (Å²) in [6, 6.07) is 19.6. The first-order valence-electron chi connectivity index (χ1n) is 11.9. The Kier molecular flexibility index (Phi) is 10.3. The summed E-state index contributed by atoms with van der Waals surface area (Å²) in [5.41, 5.74) is 2.73. The molecule has 0 atom stereocenters. The van der Waals surface area contributed by atoms with Gasteiger partial charge in [0.25, 0.3) is 11.8 Å². The van der Waals surface area contributed by atoms with Crippen molar-refractivity contribution in [3.8, 4) is 23.3 Å². The van der Waals surface area contributed by atoms with E-state index in [2.05, 4.69) is 26.6 Å². The molecule has 0 aliphatic heterocycles. The van der Waals surface area contributed by atoms with Crippen molar-refractivity contribution in [2.75, 3.05) is 30.5 Å². The SMILES string of the molecule is CCOc1ccc(NC(=O)/C(C#N)=C/c2cc(Br)c(OCC(=O)Nc3ccc(C)cc3)c(OCC)c2)cc1. The highest BCUT2D eigenvalue weighted by Crippen LogP contribution is 2.37. The van der Waals surface area contributed by atoms with Crippen molar-refractivity contribution in [3.05, 3.63) is 81.8 Å². The highest BCUT2D eigenvalue weighted by Gasteiger charge is 2.16. The molecule has 38 heavy (non-hydrogen) atoms. The smallest absolute Gasteiger partial charge is 0.266 e. The van der Waals surface area contributed by atoms with Crippen LogP contribution in [0.25, 0.3) is 6.08 Å². The summed E-state index contributed by atoms with van der Waals surface area (Å²) in [7, 11) is 0. The molecule has 0 saturated heterocycles. The van der Waals surface area contributed by atoms with E-state index in [-0.39, 0.29) is 18.1 Å². The number of ether oxygens (including phenoxy) is 3. The van der Waals surface area contributed by atoms with Gasteiger partial charge in [0.2, 0.25) is 0 Å². The number of hydrogen-bond donors (Lipinski definition) is 2. The highest BCUT2D eigenvalue weighted by molar-refractivity contribution is 9.10. The minimum absolute atomic E-state index is 0.0978. The minimum Gasteiger partial charge on any atom is -0.494 e.